The van der Waals surface area contributed by atoms with Crippen molar-refractivity contribution < 1.29 is 9.59 Å². The van der Waals surface area contributed by atoms with Crippen molar-refractivity contribution in [2.75, 3.05) is 5.32 Å². The fourth-order valence-corrected chi connectivity index (χ4v) is 4.71. The number of amides is 2. The maximum atomic E-state index is 13.1. The Hall–Kier alpha value is -3.99. The van der Waals surface area contributed by atoms with Gasteiger partial charge >= 0.3 is 5.69 Å². The first-order valence-corrected chi connectivity index (χ1v) is 11.2. The number of carbonyl (C=O) groups is 2. The van der Waals surface area contributed by atoms with Crippen molar-refractivity contribution in [1.29, 1.82) is 10.8 Å². The van der Waals surface area contributed by atoms with Crippen molar-refractivity contribution in [3.05, 3.63) is 50.1 Å². The Morgan fingerprint density at radius 2 is 1.91 bits per heavy atom. The lowest BCUT2D eigenvalue weighted by Crippen LogP contribution is -2.26. The van der Waals surface area contributed by atoms with Gasteiger partial charge in [-0.2, -0.15) is 0 Å². The number of hydrogen-bond donors (Lipinski definition) is 6. The molecule has 33 heavy (non-hydrogen) atoms. The first kappa shape index (κ1) is 20.9. The summed E-state index contributed by atoms with van der Waals surface area (Å²) < 4.78 is 1.47. The Bertz CT molecular complexity index is 1490. The zero-order chi connectivity index (χ0) is 23.3. The van der Waals surface area contributed by atoms with Crippen LogP contribution in [0.3, 0.4) is 0 Å². The van der Waals surface area contributed by atoms with Crippen LogP contribution in [-0.2, 0) is 7.05 Å². The lowest BCUT2D eigenvalue weighted by atomic mass is 10.1. The summed E-state index contributed by atoms with van der Waals surface area (Å²) in [5, 5.41) is 21.2. The predicted molar refractivity (Wildman–Crippen MR) is 128 cm³/mol. The fourth-order valence-electron chi connectivity index (χ4n) is 3.77. The number of nitrogens with one attached hydrogen (secondary N) is 6. The van der Waals surface area contributed by atoms with Crippen LogP contribution < -0.4 is 16.3 Å². The third-order valence-electron chi connectivity index (χ3n) is 5.74. The summed E-state index contributed by atoms with van der Waals surface area (Å²) >= 11 is 1.19. The highest BCUT2D eigenvalue weighted by Crippen LogP contribution is 2.32. The van der Waals surface area contributed by atoms with E-state index in [2.05, 4.69) is 20.6 Å². The molecule has 168 valence electrons. The van der Waals surface area contributed by atoms with E-state index in [1.165, 1.54) is 15.9 Å². The standard InChI is InChI=1S/C22H21N7O3S/c1-29-15-6-12-13(7-14(15)27-22(29)32)26-19(18(12)21(31)25-11-2-3-11)28-20(30)17-5-4-16(33-17)10(8-23)9-24/h4-11,23-24,26H,2-3H2,1H3,(H,25,31)(H,27,32)(H,28,30). The summed E-state index contributed by atoms with van der Waals surface area (Å²) in [6.45, 7) is 0. The zero-order valence-corrected chi connectivity index (χ0v) is 18.4. The van der Waals surface area contributed by atoms with E-state index in [1.54, 1.807) is 31.3 Å². The molecule has 0 aliphatic heterocycles. The molecule has 0 unspecified atom stereocenters. The molecule has 1 saturated carbocycles. The molecular formula is C22H21N7O3S. The van der Waals surface area contributed by atoms with Gasteiger partial charge in [-0.15, -0.1) is 11.3 Å². The normalized spacial score (nSPS) is 14.3. The van der Waals surface area contributed by atoms with Gasteiger partial charge in [-0.05, 0) is 37.1 Å². The van der Waals surface area contributed by atoms with Crippen LogP contribution in [0, 0.1) is 10.8 Å². The SMILES string of the molecule is Cn1c(=O)[nH]c2cc3[nH]c(NC(=O)c4ccc(C(C=N)C=N)s4)c(C(=O)NC4CC4)c3cc21. The Morgan fingerprint density at radius 3 is 2.61 bits per heavy atom. The molecule has 3 aromatic heterocycles. The number of carbonyl (C=O) groups excluding carboxylic acids is 2. The van der Waals surface area contributed by atoms with Crippen LogP contribution in [0.15, 0.2) is 29.1 Å². The molecule has 2 amide bonds. The van der Waals surface area contributed by atoms with Crippen LogP contribution in [0.1, 0.15) is 43.7 Å². The molecule has 1 fully saturated rings. The second kappa shape index (κ2) is 7.85. The number of aromatic amines is 2. The number of thiophene rings is 1. The van der Waals surface area contributed by atoms with Crippen molar-refractivity contribution in [2.24, 2.45) is 7.05 Å². The van der Waals surface area contributed by atoms with E-state index in [-0.39, 0.29) is 23.5 Å². The maximum Gasteiger partial charge on any atom is 0.326 e. The van der Waals surface area contributed by atoms with Gasteiger partial charge in [0.2, 0.25) is 0 Å². The summed E-state index contributed by atoms with van der Waals surface area (Å²) in [5.41, 5.74) is 1.94. The summed E-state index contributed by atoms with van der Waals surface area (Å²) in [6.07, 6.45) is 4.14. The monoisotopic (exact) mass is 463 g/mol. The van der Waals surface area contributed by atoms with E-state index in [9.17, 15) is 14.4 Å². The third kappa shape index (κ3) is 3.65. The maximum absolute atomic E-state index is 13.1. The highest BCUT2D eigenvalue weighted by Gasteiger charge is 2.28. The number of fused-ring (bicyclic) bond motifs is 2. The van der Waals surface area contributed by atoms with Crippen molar-refractivity contribution in [3.63, 3.8) is 0 Å². The zero-order valence-electron chi connectivity index (χ0n) is 17.6. The number of rotatable bonds is 7. The molecule has 1 aromatic carbocycles. The molecule has 10 nitrogen and oxygen atoms in total. The first-order valence-electron chi connectivity index (χ1n) is 10.4. The predicted octanol–water partition coefficient (Wildman–Crippen LogP) is 2.94. The molecule has 11 heteroatoms. The number of hydrogen-bond acceptors (Lipinski definition) is 6. The number of anilines is 1. The topological polar surface area (TPSA) is 159 Å². The molecule has 0 bridgehead atoms. The smallest absolute Gasteiger partial charge is 0.326 e. The second-order valence-electron chi connectivity index (χ2n) is 8.04. The van der Waals surface area contributed by atoms with Gasteiger partial charge in [-0.1, -0.05) is 0 Å². The molecule has 1 aliphatic carbocycles. The highest BCUT2D eigenvalue weighted by molar-refractivity contribution is 7.14. The highest BCUT2D eigenvalue weighted by atomic mass is 32.1. The molecule has 4 aromatic rings. The molecule has 0 spiro atoms. The van der Waals surface area contributed by atoms with Crippen LogP contribution in [0.4, 0.5) is 5.82 Å². The van der Waals surface area contributed by atoms with E-state index in [1.807, 2.05) is 0 Å². The van der Waals surface area contributed by atoms with Crippen molar-refractivity contribution in [2.45, 2.75) is 24.8 Å². The number of aromatic nitrogens is 3. The van der Waals surface area contributed by atoms with Crippen LogP contribution in [-0.4, -0.2) is 44.8 Å². The molecule has 5 rings (SSSR count). The molecular weight excluding hydrogens is 442 g/mol. The summed E-state index contributed by atoms with van der Waals surface area (Å²) in [5.74, 6) is -0.890. The van der Waals surface area contributed by atoms with Gasteiger partial charge in [-0.3, -0.25) is 14.2 Å². The van der Waals surface area contributed by atoms with Crippen molar-refractivity contribution in [1.82, 2.24) is 19.9 Å². The minimum absolute atomic E-state index is 0.130. The number of H-pyrrole nitrogens is 2. The number of benzene rings is 1. The lowest BCUT2D eigenvalue weighted by Gasteiger charge is -2.07. The molecule has 1 aliphatic rings. The van der Waals surface area contributed by atoms with Gasteiger partial charge in [0, 0.05) is 35.8 Å². The average Bonchev–Trinajstić information content (AvgIpc) is 3.23. The first-order chi connectivity index (χ1) is 15.9. The Morgan fingerprint density at radius 1 is 1.15 bits per heavy atom. The van der Waals surface area contributed by atoms with Gasteiger partial charge in [-0.25, -0.2) is 4.79 Å². The lowest BCUT2D eigenvalue weighted by molar-refractivity contribution is 0.0953. The fraction of sp³-hybridized carbons (Fsp3) is 0.227. The molecule has 0 saturated heterocycles. The Kier molecular flexibility index (Phi) is 4.97. The minimum Gasteiger partial charge on any atom is -0.349 e. The van der Waals surface area contributed by atoms with Crippen LogP contribution in [0.5, 0.6) is 0 Å². The second-order valence-corrected chi connectivity index (χ2v) is 9.16. The molecule has 3 heterocycles. The van der Waals surface area contributed by atoms with Crippen molar-refractivity contribution >= 4 is 63.3 Å². The average molecular weight is 464 g/mol. The van der Waals surface area contributed by atoms with E-state index in [4.69, 9.17) is 10.8 Å². The summed E-state index contributed by atoms with van der Waals surface area (Å²) in [7, 11) is 1.65. The largest absolute Gasteiger partial charge is 0.349 e. The van der Waals surface area contributed by atoms with E-state index < -0.39 is 11.8 Å². The van der Waals surface area contributed by atoms with Crippen molar-refractivity contribution in [3.8, 4) is 0 Å². The summed E-state index contributed by atoms with van der Waals surface area (Å²) in [6, 6.07) is 7.00. The molecule has 0 radical (unpaired) electrons. The van der Waals surface area contributed by atoms with Gasteiger partial charge < -0.3 is 31.4 Å². The quantitative estimate of drug-likeness (QED) is 0.233. The number of imidazole rings is 1. The number of aryl methyl sites for hydroxylation is 1. The van der Waals surface area contributed by atoms with E-state index >= 15 is 0 Å². The van der Waals surface area contributed by atoms with Crippen LogP contribution in [0.25, 0.3) is 21.9 Å². The minimum atomic E-state index is -0.473. The van der Waals surface area contributed by atoms with E-state index in [0.29, 0.717) is 37.3 Å². The van der Waals surface area contributed by atoms with Gasteiger partial charge in [0.25, 0.3) is 11.8 Å². The van der Waals surface area contributed by atoms with Crippen LogP contribution in [0.2, 0.25) is 0 Å². The Balaban J connectivity index is 1.56. The molecule has 6 N–H and O–H groups in total. The van der Waals surface area contributed by atoms with Gasteiger partial charge in [0.1, 0.15) is 5.82 Å². The van der Waals surface area contributed by atoms with E-state index in [0.717, 1.165) is 25.3 Å². The number of nitrogens with zero attached hydrogens (tertiary/aromatic N) is 1. The van der Waals surface area contributed by atoms with Gasteiger partial charge in [0.15, 0.2) is 0 Å². The molecule has 0 atom stereocenters. The van der Waals surface area contributed by atoms with Crippen LogP contribution >= 0.6 is 11.3 Å². The van der Waals surface area contributed by atoms with Gasteiger partial charge in [0.05, 0.1) is 32.9 Å². The Labute approximate surface area is 191 Å². The summed E-state index contributed by atoms with van der Waals surface area (Å²) in [4.78, 5) is 45.1. The third-order valence-corrected chi connectivity index (χ3v) is 6.92.